The summed E-state index contributed by atoms with van der Waals surface area (Å²) in [5.74, 6) is -0.812. The van der Waals surface area contributed by atoms with Gasteiger partial charge in [0.2, 0.25) is 0 Å². The Bertz CT molecular complexity index is 559. The molecule has 1 N–H and O–H groups in total. The second-order valence-electron chi connectivity index (χ2n) is 5.17. The van der Waals surface area contributed by atoms with Gasteiger partial charge in [0, 0.05) is 12.4 Å². The molecule has 1 aromatic heterocycles. The topological polar surface area (TPSA) is 50.2 Å². The van der Waals surface area contributed by atoms with E-state index >= 15 is 0 Å². The van der Waals surface area contributed by atoms with Gasteiger partial charge in [0.25, 0.3) is 0 Å². The van der Waals surface area contributed by atoms with E-state index in [-0.39, 0.29) is 0 Å². The molecule has 0 radical (unpaired) electrons. The molecule has 1 heterocycles. The molecule has 0 spiro atoms. The van der Waals surface area contributed by atoms with Crippen molar-refractivity contribution in [1.29, 1.82) is 0 Å². The summed E-state index contributed by atoms with van der Waals surface area (Å²) in [6.45, 7) is 3.43. The maximum Gasteiger partial charge on any atom is 0.313 e. The summed E-state index contributed by atoms with van der Waals surface area (Å²) in [6.07, 6.45) is 4.40. The van der Waals surface area contributed by atoms with Crippen LogP contribution in [0, 0.1) is 0 Å². The number of carboxylic acid groups (broad SMARTS) is 1. The predicted molar refractivity (Wildman–Crippen MR) is 74.1 cm³/mol. The lowest BCUT2D eigenvalue weighted by molar-refractivity contribution is -0.142. The first-order valence-electron chi connectivity index (χ1n) is 6.22. The van der Waals surface area contributed by atoms with Gasteiger partial charge >= 0.3 is 5.97 Å². The molecule has 19 heavy (non-hydrogen) atoms. The van der Waals surface area contributed by atoms with Crippen molar-refractivity contribution in [3.8, 4) is 0 Å². The summed E-state index contributed by atoms with van der Waals surface area (Å²) in [6, 6.07) is 11.7. The number of nitrogens with zero attached hydrogens (tertiary/aromatic N) is 1. The van der Waals surface area contributed by atoms with Crippen LogP contribution in [0.4, 0.5) is 0 Å². The van der Waals surface area contributed by atoms with Crippen molar-refractivity contribution in [3.63, 3.8) is 0 Å². The molecule has 1 aromatic carbocycles. The molecule has 0 aliphatic rings. The van der Waals surface area contributed by atoms with Crippen molar-refractivity contribution >= 4 is 5.97 Å². The fourth-order valence-electron chi connectivity index (χ4n) is 1.90. The van der Waals surface area contributed by atoms with Crippen LogP contribution < -0.4 is 0 Å². The minimum atomic E-state index is -0.854. The van der Waals surface area contributed by atoms with Gasteiger partial charge in [-0.15, -0.1) is 0 Å². The molecule has 0 aliphatic heterocycles. The second kappa shape index (κ2) is 5.22. The summed E-state index contributed by atoms with van der Waals surface area (Å²) in [5, 5.41) is 9.19. The lowest BCUT2D eigenvalue weighted by atomic mass is 9.84. The smallest absolute Gasteiger partial charge is 0.313 e. The highest BCUT2D eigenvalue weighted by Crippen LogP contribution is 2.24. The predicted octanol–water partition coefficient (Wildman–Crippen LogP) is 3.03. The van der Waals surface area contributed by atoms with E-state index in [1.807, 2.05) is 42.6 Å². The third-order valence-electron chi connectivity index (χ3n) is 3.34. The van der Waals surface area contributed by atoms with Crippen molar-refractivity contribution < 1.29 is 9.90 Å². The minimum Gasteiger partial charge on any atom is -0.481 e. The van der Waals surface area contributed by atoms with Gasteiger partial charge in [0.05, 0.1) is 5.41 Å². The van der Waals surface area contributed by atoms with Crippen LogP contribution in [0.3, 0.4) is 0 Å². The molecule has 0 aliphatic carbocycles. The Morgan fingerprint density at radius 3 is 2.37 bits per heavy atom. The molecule has 0 unspecified atom stereocenters. The fourth-order valence-corrected chi connectivity index (χ4v) is 1.90. The third-order valence-corrected chi connectivity index (χ3v) is 3.34. The standard InChI is InChI=1S/C16H17NO2/c1-16(2,15(18)19)14-7-5-12(6-8-14)10-13-4-3-9-17-11-13/h3-9,11H,10H2,1-2H3,(H,18,19). The number of aromatic nitrogens is 1. The van der Waals surface area contributed by atoms with E-state index in [1.54, 1.807) is 20.0 Å². The van der Waals surface area contributed by atoms with Gasteiger partial charge in [-0.25, -0.2) is 0 Å². The Balaban J connectivity index is 2.18. The van der Waals surface area contributed by atoms with Gasteiger partial charge in [-0.1, -0.05) is 30.3 Å². The van der Waals surface area contributed by atoms with Crippen molar-refractivity contribution in [2.75, 3.05) is 0 Å². The Morgan fingerprint density at radius 1 is 1.16 bits per heavy atom. The number of carboxylic acids is 1. The van der Waals surface area contributed by atoms with E-state index in [9.17, 15) is 9.90 Å². The average molecular weight is 255 g/mol. The quantitative estimate of drug-likeness (QED) is 0.913. The van der Waals surface area contributed by atoms with E-state index in [1.165, 1.54) is 0 Å². The monoisotopic (exact) mass is 255 g/mol. The Hall–Kier alpha value is -2.16. The molecule has 0 fully saturated rings. The van der Waals surface area contributed by atoms with Crippen LogP contribution in [0.1, 0.15) is 30.5 Å². The first-order chi connectivity index (χ1) is 9.00. The van der Waals surface area contributed by atoms with Crippen molar-refractivity contribution in [3.05, 3.63) is 65.5 Å². The van der Waals surface area contributed by atoms with Crippen LogP contribution in [-0.4, -0.2) is 16.1 Å². The number of pyridine rings is 1. The first-order valence-corrected chi connectivity index (χ1v) is 6.22. The van der Waals surface area contributed by atoms with Crippen LogP contribution in [0.15, 0.2) is 48.8 Å². The van der Waals surface area contributed by atoms with E-state index in [0.717, 1.165) is 23.1 Å². The molecular weight excluding hydrogens is 238 g/mol. The van der Waals surface area contributed by atoms with E-state index in [0.29, 0.717) is 0 Å². The average Bonchev–Trinajstić information content (AvgIpc) is 2.40. The van der Waals surface area contributed by atoms with E-state index in [4.69, 9.17) is 0 Å². The largest absolute Gasteiger partial charge is 0.481 e. The lowest BCUT2D eigenvalue weighted by Crippen LogP contribution is -2.28. The highest BCUT2D eigenvalue weighted by Gasteiger charge is 2.28. The summed E-state index contributed by atoms with van der Waals surface area (Å²) >= 11 is 0. The van der Waals surface area contributed by atoms with Crippen molar-refractivity contribution in [2.24, 2.45) is 0 Å². The number of rotatable bonds is 4. The zero-order valence-corrected chi connectivity index (χ0v) is 11.1. The van der Waals surface area contributed by atoms with E-state index < -0.39 is 11.4 Å². The summed E-state index contributed by atoms with van der Waals surface area (Å²) < 4.78 is 0. The number of hydrogen-bond donors (Lipinski definition) is 1. The fraction of sp³-hybridized carbons (Fsp3) is 0.250. The number of carbonyl (C=O) groups is 1. The van der Waals surface area contributed by atoms with Crippen LogP contribution in [0.25, 0.3) is 0 Å². The van der Waals surface area contributed by atoms with Gasteiger partial charge in [-0.05, 0) is 43.0 Å². The molecule has 98 valence electrons. The van der Waals surface area contributed by atoms with Crippen molar-refractivity contribution in [2.45, 2.75) is 25.7 Å². The van der Waals surface area contributed by atoms with Crippen LogP contribution in [0.2, 0.25) is 0 Å². The van der Waals surface area contributed by atoms with Crippen molar-refractivity contribution in [1.82, 2.24) is 4.98 Å². The van der Waals surface area contributed by atoms with Crippen LogP contribution in [0.5, 0.6) is 0 Å². The highest BCUT2D eigenvalue weighted by atomic mass is 16.4. The van der Waals surface area contributed by atoms with Gasteiger partial charge in [0.15, 0.2) is 0 Å². The van der Waals surface area contributed by atoms with Gasteiger partial charge in [-0.2, -0.15) is 0 Å². The normalized spacial score (nSPS) is 11.3. The molecular formula is C16H17NO2. The number of benzene rings is 1. The molecule has 0 saturated carbocycles. The highest BCUT2D eigenvalue weighted by molar-refractivity contribution is 5.80. The van der Waals surface area contributed by atoms with Gasteiger partial charge in [0.1, 0.15) is 0 Å². The Labute approximate surface area is 112 Å². The Kier molecular flexibility index (Phi) is 3.65. The summed E-state index contributed by atoms with van der Waals surface area (Å²) in [5.41, 5.74) is 2.26. The van der Waals surface area contributed by atoms with Crippen LogP contribution >= 0.6 is 0 Å². The third kappa shape index (κ3) is 2.99. The molecule has 2 aromatic rings. The SMILES string of the molecule is CC(C)(C(=O)O)c1ccc(Cc2cccnc2)cc1. The number of hydrogen-bond acceptors (Lipinski definition) is 2. The minimum absolute atomic E-state index is 0.807. The zero-order chi connectivity index (χ0) is 13.9. The summed E-state index contributed by atoms with van der Waals surface area (Å²) in [4.78, 5) is 15.3. The molecule has 0 bridgehead atoms. The van der Waals surface area contributed by atoms with E-state index in [2.05, 4.69) is 4.98 Å². The Morgan fingerprint density at radius 2 is 1.84 bits per heavy atom. The van der Waals surface area contributed by atoms with Gasteiger partial charge < -0.3 is 5.11 Å². The molecule has 0 atom stereocenters. The van der Waals surface area contributed by atoms with Crippen LogP contribution in [-0.2, 0) is 16.6 Å². The van der Waals surface area contributed by atoms with Gasteiger partial charge in [-0.3, -0.25) is 9.78 Å². The zero-order valence-electron chi connectivity index (χ0n) is 11.1. The maximum atomic E-state index is 11.2. The first kappa shape index (κ1) is 13.3. The number of aliphatic carboxylic acids is 1. The molecule has 3 nitrogen and oxygen atoms in total. The summed E-state index contributed by atoms with van der Waals surface area (Å²) in [7, 11) is 0. The molecule has 0 amide bonds. The molecule has 0 saturated heterocycles. The lowest BCUT2D eigenvalue weighted by Gasteiger charge is -2.19. The maximum absolute atomic E-state index is 11.2. The molecule has 3 heteroatoms. The molecule has 2 rings (SSSR count). The second-order valence-corrected chi connectivity index (χ2v) is 5.17.